The Labute approximate surface area is 186 Å². The Morgan fingerprint density at radius 3 is 2.09 bits per heavy atom. The van der Waals surface area contributed by atoms with Crippen LogP contribution in [-0.2, 0) is 14.3 Å². The van der Waals surface area contributed by atoms with Gasteiger partial charge in [0.25, 0.3) is 11.8 Å². The minimum Gasteiger partial charge on any atom is -0.462 e. The largest absolute Gasteiger partial charge is 0.462 e. The summed E-state index contributed by atoms with van der Waals surface area (Å²) in [7, 11) is 0. The molecule has 0 saturated carbocycles. The summed E-state index contributed by atoms with van der Waals surface area (Å²) in [6.45, 7) is 2.25. The number of nitrogens with zero attached hydrogens (tertiary/aromatic N) is 1. The number of rotatable bonds is 7. The average molecular weight is 426 g/mol. The van der Waals surface area contributed by atoms with Gasteiger partial charge in [-0.2, -0.15) is 0 Å². The molecule has 1 aliphatic rings. The molecule has 32 heavy (non-hydrogen) atoms. The van der Waals surface area contributed by atoms with Crippen LogP contribution in [0.15, 0.2) is 90.6 Å². The van der Waals surface area contributed by atoms with E-state index in [0.29, 0.717) is 34.7 Å². The highest BCUT2D eigenvalue weighted by Gasteiger charge is 2.40. The number of esters is 1. The van der Waals surface area contributed by atoms with E-state index in [1.165, 1.54) is 0 Å². The maximum atomic E-state index is 13.4. The van der Waals surface area contributed by atoms with Crippen LogP contribution < -0.4 is 10.2 Å². The van der Waals surface area contributed by atoms with Gasteiger partial charge in [0.15, 0.2) is 0 Å². The Morgan fingerprint density at radius 1 is 0.844 bits per heavy atom. The van der Waals surface area contributed by atoms with Gasteiger partial charge in [0, 0.05) is 5.69 Å². The van der Waals surface area contributed by atoms with Gasteiger partial charge in [0.2, 0.25) is 0 Å². The molecule has 4 rings (SSSR count). The molecule has 1 N–H and O–H groups in total. The van der Waals surface area contributed by atoms with Gasteiger partial charge in [-0.25, -0.2) is 9.69 Å². The number of amides is 2. The summed E-state index contributed by atoms with van der Waals surface area (Å²) in [6.07, 6.45) is 0.728. The Bertz CT molecular complexity index is 1170. The number of imide groups is 1. The standard InChI is InChI=1S/C26H22N2O4/c1-2-17-32-26(31)19-13-15-21(16-14-19)28-24(29)22(18-9-5-3-6-10-18)23(25(28)30)27-20-11-7-4-8-12-20/h3-16,27H,2,17H2,1H3. The zero-order valence-corrected chi connectivity index (χ0v) is 17.6. The quantitative estimate of drug-likeness (QED) is 0.440. The second-order valence-corrected chi connectivity index (χ2v) is 7.24. The molecule has 1 heterocycles. The van der Waals surface area contributed by atoms with Gasteiger partial charge in [-0.15, -0.1) is 0 Å². The van der Waals surface area contributed by atoms with E-state index in [2.05, 4.69) is 5.32 Å². The lowest BCUT2D eigenvalue weighted by atomic mass is 10.0. The van der Waals surface area contributed by atoms with Crippen LogP contribution in [0.3, 0.4) is 0 Å². The van der Waals surface area contributed by atoms with Crippen LogP contribution in [-0.4, -0.2) is 24.4 Å². The summed E-state index contributed by atoms with van der Waals surface area (Å²) in [4.78, 5) is 39.9. The number of para-hydroxylation sites is 1. The van der Waals surface area contributed by atoms with Gasteiger partial charge in [-0.3, -0.25) is 9.59 Å². The summed E-state index contributed by atoms with van der Waals surface area (Å²) in [5.74, 6) is -1.33. The Kier molecular flexibility index (Phi) is 6.12. The van der Waals surface area contributed by atoms with Gasteiger partial charge in [0.1, 0.15) is 5.70 Å². The number of carbonyl (C=O) groups is 3. The Balaban J connectivity index is 1.68. The molecule has 6 nitrogen and oxygen atoms in total. The van der Waals surface area contributed by atoms with E-state index >= 15 is 0 Å². The Hall–Kier alpha value is -4.19. The van der Waals surface area contributed by atoms with Crippen LogP contribution in [0.2, 0.25) is 0 Å². The fourth-order valence-corrected chi connectivity index (χ4v) is 3.44. The second-order valence-electron chi connectivity index (χ2n) is 7.24. The topological polar surface area (TPSA) is 75.7 Å². The first-order chi connectivity index (χ1) is 15.6. The monoisotopic (exact) mass is 426 g/mol. The van der Waals surface area contributed by atoms with E-state index < -0.39 is 17.8 Å². The summed E-state index contributed by atoms with van der Waals surface area (Å²) < 4.78 is 5.14. The van der Waals surface area contributed by atoms with Gasteiger partial charge in [-0.1, -0.05) is 55.5 Å². The van der Waals surface area contributed by atoms with E-state index in [-0.39, 0.29) is 5.70 Å². The molecule has 0 atom stereocenters. The zero-order valence-electron chi connectivity index (χ0n) is 17.6. The van der Waals surface area contributed by atoms with Crippen LogP contribution in [0.1, 0.15) is 29.3 Å². The number of nitrogens with one attached hydrogen (secondary N) is 1. The molecular formula is C26H22N2O4. The zero-order chi connectivity index (χ0) is 22.5. The lowest BCUT2D eigenvalue weighted by Crippen LogP contribution is -2.32. The molecule has 0 aliphatic carbocycles. The summed E-state index contributed by atoms with van der Waals surface area (Å²) in [5.41, 5.74) is 2.59. The SMILES string of the molecule is CCCOC(=O)c1ccc(N2C(=O)C(Nc3ccccc3)=C(c3ccccc3)C2=O)cc1. The van der Waals surface area contributed by atoms with E-state index in [1.54, 1.807) is 36.4 Å². The maximum Gasteiger partial charge on any atom is 0.338 e. The molecule has 0 spiro atoms. The fraction of sp³-hybridized carbons (Fsp3) is 0.115. The molecule has 3 aromatic rings. The highest BCUT2D eigenvalue weighted by molar-refractivity contribution is 6.46. The van der Waals surface area contributed by atoms with E-state index in [1.807, 2.05) is 55.5 Å². The highest BCUT2D eigenvalue weighted by atomic mass is 16.5. The summed E-state index contributed by atoms with van der Waals surface area (Å²) >= 11 is 0. The first-order valence-electron chi connectivity index (χ1n) is 10.4. The number of benzene rings is 3. The number of carbonyl (C=O) groups excluding carboxylic acids is 3. The van der Waals surface area contributed by atoms with Crippen LogP contribution in [0.5, 0.6) is 0 Å². The molecule has 2 amide bonds. The first-order valence-corrected chi connectivity index (χ1v) is 10.4. The molecule has 1 aliphatic heterocycles. The van der Waals surface area contributed by atoms with E-state index in [0.717, 1.165) is 11.3 Å². The number of hydrogen-bond acceptors (Lipinski definition) is 5. The lowest BCUT2D eigenvalue weighted by molar-refractivity contribution is -0.120. The van der Waals surface area contributed by atoms with Gasteiger partial charge in [0.05, 0.1) is 23.4 Å². The third-order valence-electron chi connectivity index (χ3n) is 4.99. The van der Waals surface area contributed by atoms with Gasteiger partial charge >= 0.3 is 5.97 Å². The molecule has 6 heteroatoms. The second kappa shape index (κ2) is 9.31. The third kappa shape index (κ3) is 4.16. The van der Waals surface area contributed by atoms with Crippen molar-refractivity contribution in [3.8, 4) is 0 Å². The first kappa shape index (κ1) is 21.1. The number of anilines is 2. The minimum absolute atomic E-state index is 0.207. The minimum atomic E-state index is -0.459. The van der Waals surface area contributed by atoms with Crippen LogP contribution in [0.4, 0.5) is 11.4 Å². The van der Waals surface area contributed by atoms with Crippen LogP contribution in [0.25, 0.3) is 5.57 Å². The fourth-order valence-electron chi connectivity index (χ4n) is 3.44. The van der Waals surface area contributed by atoms with Crippen molar-refractivity contribution in [3.05, 3.63) is 102 Å². The molecule has 0 bridgehead atoms. The van der Waals surface area contributed by atoms with Crippen LogP contribution in [0, 0.1) is 0 Å². The van der Waals surface area contributed by atoms with Crippen molar-refractivity contribution in [1.82, 2.24) is 0 Å². The van der Waals surface area contributed by atoms with Crippen molar-refractivity contribution in [1.29, 1.82) is 0 Å². The predicted molar refractivity (Wildman–Crippen MR) is 123 cm³/mol. The van der Waals surface area contributed by atoms with Crippen molar-refractivity contribution in [2.45, 2.75) is 13.3 Å². The normalized spacial score (nSPS) is 13.5. The number of ether oxygens (including phenoxy) is 1. The smallest absolute Gasteiger partial charge is 0.338 e. The third-order valence-corrected chi connectivity index (χ3v) is 4.99. The highest BCUT2D eigenvalue weighted by Crippen LogP contribution is 2.33. The van der Waals surface area contributed by atoms with Crippen molar-refractivity contribution in [2.24, 2.45) is 0 Å². The average Bonchev–Trinajstić information content (AvgIpc) is 3.08. The van der Waals surface area contributed by atoms with E-state index in [4.69, 9.17) is 4.74 Å². The molecule has 0 unspecified atom stereocenters. The summed E-state index contributed by atoms with van der Waals surface area (Å²) in [6, 6.07) is 24.6. The molecule has 0 saturated heterocycles. The Morgan fingerprint density at radius 2 is 1.47 bits per heavy atom. The summed E-state index contributed by atoms with van der Waals surface area (Å²) in [5, 5.41) is 3.12. The van der Waals surface area contributed by atoms with Crippen molar-refractivity contribution in [2.75, 3.05) is 16.8 Å². The number of hydrogen-bond donors (Lipinski definition) is 1. The molecule has 3 aromatic carbocycles. The van der Waals surface area contributed by atoms with Crippen molar-refractivity contribution < 1.29 is 19.1 Å². The van der Waals surface area contributed by atoms with Gasteiger partial charge < -0.3 is 10.1 Å². The van der Waals surface area contributed by atoms with Crippen molar-refractivity contribution >= 4 is 34.7 Å². The lowest BCUT2D eigenvalue weighted by Gasteiger charge is -2.16. The maximum absolute atomic E-state index is 13.4. The molecular weight excluding hydrogens is 404 g/mol. The molecule has 0 radical (unpaired) electrons. The molecule has 0 aromatic heterocycles. The molecule has 160 valence electrons. The van der Waals surface area contributed by atoms with E-state index in [9.17, 15) is 14.4 Å². The van der Waals surface area contributed by atoms with Gasteiger partial charge in [-0.05, 0) is 48.4 Å². The van der Waals surface area contributed by atoms with Crippen LogP contribution >= 0.6 is 0 Å². The molecule has 0 fully saturated rings. The van der Waals surface area contributed by atoms with Crippen molar-refractivity contribution in [3.63, 3.8) is 0 Å². The predicted octanol–water partition coefficient (Wildman–Crippen LogP) is 4.65.